The molecule has 1 atom stereocenters. The van der Waals surface area contributed by atoms with Crippen molar-refractivity contribution in [2.24, 2.45) is 5.73 Å². The molecular formula is C7H14ClNO2. The Kier molecular flexibility index (Phi) is 7.36. The number of rotatable bonds is 3. The van der Waals surface area contributed by atoms with E-state index in [9.17, 15) is 4.79 Å². The largest absolute Gasteiger partial charge is 0.461 e. The average Bonchev–Trinajstić information content (AvgIpc) is 1.82. The fraction of sp³-hybridized carbons (Fsp3) is 0.571. The molecule has 0 rings (SSSR count). The van der Waals surface area contributed by atoms with Crippen LogP contribution in [0.25, 0.3) is 0 Å². The maximum atomic E-state index is 10.7. The SMILES string of the molecule is C=C(C)C(=O)OCC(C)N.Cl. The summed E-state index contributed by atoms with van der Waals surface area (Å²) >= 11 is 0. The predicted octanol–water partition coefficient (Wildman–Crippen LogP) is 0.875. The summed E-state index contributed by atoms with van der Waals surface area (Å²) in [7, 11) is 0. The number of halogens is 1. The monoisotopic (exact) mass is 179 g/mol. The van der Waals surface area contributed by atoms with Crippen LogP contribution in [0.4, 0.5) is 0 Å². The van der Waals surface area contributed by atoms with E-state index in [1.807, 2.05) is 0 Å². The molecule has 0 aromatic heterocycles. The molecule has 0 amide bonds. The molecule has 0 aliphatic carbocycles. The van der Waals surface area contributed by atoms with Crippen LogP contribution >= 0.6 is 12.4 Å². The van der Waals surface area contributed by atoms with Gasteiger partial charge in [-0.3, -0.25) is 0 Å². The van der Waals surface area contributed by atoms with E-state index in [-0.39, 0.29) is 31.0 Å². The van der Waals surface area contributed by atoms with Gasteiger partial charge in [-0.05, 0) is 13.8 Å². The summed E-state index contributed by atoms with van der Waals surface area (Å²) in [5, 5.41) is 0. The fourth-order valence-corrected chi connectivity index (χ4v) is 0.330. The number of hydrogen-bond acceptors (Lipinski definition) is 3. The van der Waals surface area contributed by atoms with Gasteiger partial charge >= 0.3 is 5.97 Å². The second-order valence-electron chi connectivity index (χ2n) is 2.36. The molecule has 0 bridgehead atoms. The van der Waals surface area contributed by atoms with E-state index in [2.05, 4.69) is 6.58 Å². The van der Waals surface area contributed by atoms with Crippen molar-refractivity contribution >= 4 is 18.4 Å². The highest BCUT2D eigenvalue weighted by molar-refractivity contribution is 5.86. The minimum atomic E-state index is -0.377. The number of hydrogen-bond donors (Lipinski definition) is 1. The maximum Gasteiger partial charge on any atom is 0.333 e. The molecule has 0 aromatic carbocycles. The van der Waals surface area contributed by atoms with E-state index in [1.54, 1.807) is 13.8 Å². The molecule has 0 fully saturated rings. The zero-order chi connectivity index (χ0) is 8.15. The molecule has 0 saturated carbocycles. The molecule has 66 valence electrons. The fourth-order valence-electron chi connectivity index (χ4n) is 0.330. The molecule has 1 unspecified atom stereocenters. The molecule has 0 aromatic rings. The van der Waals surface area contributed by atoms with E-state index in [4.69, 9.17) is 10.5 Å². The minimum absolute atomic E-state index is 0. The van der Waals surface area contributed by atoms with Gasteiger partial charge in [-0.25, -0.2) is 4.79 Å². The van der Waals surface area contributed by atoms with Gasteiger partial charge in [0.15, 0.2) is 0 Å². The standard InChI is InChI=1S/C7H13NO2.ClH/c1-5(2)7(9)10-4-6(3)8;/h6H,1,4,8H2,2-3H3;1H. The van der Waals surface area contributed by atoms with Crippen LogP contribution < -0.4 is 5.73 Å². The second-order valence-corrected chi connectivity index (χ2v) is 2.36. The molecule has 4 heteroatoms. The maximum absolute atomic E-state index is 10.7. The highest BCUT2D eigenvalue weighted by Crippen LogP contribution is 1.91. The van der Waals surface area contributed by atoms with E-state index < -0.39 is 0 Å². The molecular weight excluding hydrogens is 166 g/mol. The zero-order valence-corrected chi connectivity index (χ0v) is 7.61. The van der Waals surface area contributed by atoms with Crippen LogP contribution in [0, 0.1) is 0 Å². The summed E-state index contributed by atoms with van der Waals surface area (Å²) in [4.78, 5) is 10.7. The Morgan fingerprint density at radius 3 is 2.45 bits per heavy atom. The highest BCUT2D eigenvalue weighted by atomic mass is 35.5. The summed E-state index contributed by atoms with van der Waals surface area (Å²) in [5.74, 6) is -0.377. The third-order valence-electron chi connectivity index (χ3n) is 0.826. The number of esters is 1. The van der Waals surface area contributed by atoms with Crippen LogP contribution in [0.5, 0.6) is 0 Å². The van der Waals surface area contributed by atoms with Gasteiger partial charge in [0.1, 0.15) is 6.61 Å². The first-order valence-electron chi connectivity index (χ1n) is 3.12. The predicted molar refractivity (Wildman–Crippen MR) is 46.7 cm³/mol. The summed E-state index contributed by atoms with van der Waals surface area (Å²) in [6.07, 6.45) is 0. The van der Waals surface area contributed by atoms with Crippen molar-refractivity contribution in [2.75, 3.05) is 6.61 Å². The topological polar surface area (TPSA) is 52.3 Å². The molecule has 0 saturated heterocycles. The van der Waals surface area contributed by atoms with Crippen LogP contribution in [-0.2, 0) is 9.53 Å². The van der Waals surface area contributed by atoms with Crippen LogP contribution in [-0.4, -0.2) is 18.6 Å². The Hall–Kier alpha value is -0.540. The lowest BCUT2D eigenvalue weighted by Gasteiger charge is -2.05. The van der Waals surface area contributed by atoms with Crippen molar-refractivity contribution in [3.05, 3.63) is 12.2 Å². The summed E-state index contributed by atoms with van der Waals surface area (Å²) in [5.41, 5.74) is 5.74. The summed E-state index contributed by atoms with van der Waals surface area (Å²) < 4.78 is 4.70. The molecule has 3 nitrogen and oxygen atoms in total. The third-order valence-corrected chi connectivity index (χ3v) is 0.826. The van der Waals surface area contributed by atoms with Gasteiger partial charge in [0.25, 0.3) is 0 Å². The molecule has 0 heterocycles. The Morgan fingerprint density at radius 1 is 1.73 bits per heavy atom. The van der Waals surface area contributed by atoms with Crippen LogP contribution in [0.1, 0.15) is 13.8 Å². The zero-order valence-electron chi connectivity index (χ0n) is 6.79. The first kappa shape index (κ1) is 13.1. The van der Waals surface area contributed by atoms with Gasteiger partial charge < -0.3 is 10.5 Å². The Labute approximate surface area is 73.0 Å². The lowest BCUT2D eigenvalue weighted by molar-refractivity contribution is -0.139. The van der Waals surface area contributed by atoms with E-state index >= 15 is 0 Å². The first-order valence-corrected chi connectivity index (χ1v) is 3.12. The van der Waals surface area contributed by atoms with Crippen molar-refractivity contribution in [3.8, 4) is 0 Å². The smallest absolute Gasteiger partial charge is 0.333 e. The van der Waals surface area contributed by atoms with Crippen LogP contribution in [0.2, 0.25) is 0 Å². The number of carbonyl (C=O) groups is 1. The van der Waals surface area contributed by atoms with E-state index in [0.717, 1.165) is 0 Å². The molecule has 0 aliphatic rings. The van der Waals surface area contributed by atoms with Gasteiger partial charge in [-0.15, -0.1) is 12.4 Å². The quantitative estimate of drug-likeness (QED) is 0.517. The third kappa shape index (κ3) is 7.36. The number of carbonyl (C=O) groups excluding carboxylic acids is 1. The molecule has 2 N–H and O–H groups in total. The summed E-state index contributed by atoms with van der Waals surface area (Å²) in [6, 6.07) is -0.108. The van der Waals surface area contributed by atoms with E-state index in [1.165, 1.54) is 0 Å². The van der Waals surface area contributed by atoms with Gasteiger partial charge in [0.05, 0.1) is 0 Å². The number of nitrogens with two attached hydrogens (primary N) is 1. The minimum Gasteiger partial charge on any atom is -0.461 e. The molecule has 0 spiro atoms. The molecule has 0 radical (unpaired) electrons. The van der Waals surface area contributed by atoms with Gasteiger partial charge in [0, 0.05) is 11.6 Å². The number of ether oxygens (including phenoxy) is 1. The van der Waals surface area contributed by atoms with Crippen molar-refractivity contribution in [2.45, 2.75) is 19.9 Å². The van der Waals surface area contributed by atoms with Gasteiger partial charge in [-0.1, -0.05) is 6.58 Å². The van der Waals surface area contributed by atoms with Crippen LogP contribution in [0.3, 0.4) is 0 Å². The first-order chi connectivity index (χ1) is 4.54. The molecule has 11 heavy (non-hydrogen) atoms. The Bertz CT molecular complexity index is 145. The second kappa shape index (κ2) is 6.19. The van der Waals surface area contributed by atoms with Crippen molar-refractivity contribution in [1.29, 1.82) is 0 Å². The lowest BCUT2D eigenvalue weighted by Crippen LogP contribution is -2.24. The Morgan fingerprint density at radius 2 is 2.18 bits per heavy atom. The highest BCUT2D eigenvalue weighted by Gasteiger charge is 2.03. The van der Waals surface area contributed by atoms with Crippen LogP contribution in [0.15, 0.2) is 12.2 Å². The average molecular weight is 180 g/mol. The molecule has 0 aliphatic heterocycles. The summed E-state index contributed by atoms with van der Waals surface area (Å²) in [6.45, 7) is 7.04. The van der Waals surface area contributed by atoms with E-state index in [0.29, 0.717) is 5.57 Å². The van der Waals surface area contributed by atoms with Crippen molar-refractivity contribution in [3.63, 3.8) is 0 Å². The van der Waals surface area contributed by atoms with Crippen molar-refractivity contribution < 1.29 is 9.53 Å². The lowest BCUT2D eigenvalue weighted by atomic mass is 10.3. The van der Waals surface area contributed by atoms with Crippen molar-refractivity contribution in [1.82, 2.24) is 0 Å². The Balaban J connectivity index is 0. The van der Waals surface area contributed by atoms with Gasteiger partial charge in [-0.2, -0.15) is 0 Å². The normalized spacial score (nSPS) is 11.2. The van der Waals surface area contributed by atoms with Gasteiger partial charge in [0.2, 0.25) is 0 Å².